The van der Waals surface area contributed by atoms with Crippen molar-refractivity contribution >= 4 is 39.9 Å². The Bertz CT molecular complexity index is 777. The van der Waals surface area contributed by atoms with Gasteiger partial charge in [0.15, 0.2) is 11.4 Å². The van der Waals surface area contributed by atoms with Crippen molar-refractivity contribution < 1.29 is 4.74 Å². The fourth-order valence-corrected chi connectivity index (χ4v) is 2.44. The van der Waals surface area contributed by atoms with Crippen LogP contribution in [-0.4, -0.2) is 15.2 Å². The van der Waals surface area contributed by atoms with Gasteiger partial charge < -0.3 is 10.5 Å². The summed E-state index contributed by atoms with van der Waals surface area (Å²) in [4.78, 5) is 4.22. The molecule has 5 nitrogen and oxygen atoms in total. The highest BCUT2D eigenvalue weighted by atomic mass is 35.5. The van der Waals surface area contributed by atoms with Crippen LogP contribution in [0.1, 0.15) is 5.69 Å². The van der Waals surface area contributed by atoms with E-state index in [-0.39, 0.29) is 0 Å². The van der Waals surface area contributed by atoms with E-state index in [2.05, 4.69) is 15.2 Å². The molecule has 0 unspecified atom stereocenters. The van der Waals surface area contributed by atoms with Crippen LogP contribution in [-0.2, 0) is 0 Å². The van der Waals surface area contributed by atoms with Crippen LogP contribution in [0.5, 0.6) is 11.5 Å². The van der Waals surface area contributed by atoms with Gasteiger partial charge in [-0.3, -0.25) is 5.10 Å². The van der Waals surface area contributed by atoms with Crippen LogP contribution >= 0.6 is 23.2 Å². The Hall–Kier alpha value is -1.98. The number of hydrogen-bond acceptors (Lipinski definition) is 4. The van der Waals surface area contributed by atoms with E-state index in [1.165, 1.54) is 0 Å². The summed E-state index contributed by atoms with van der Waals surface area (Å²) in [7, 11) is 0. The standard InChI is InChI=1S/C13H10Cl2N4O/c1-6-9-4-8(5-17-13(9)19-18-6)20-12-10(14)2-7(16)3-11(12)15/h2-5H,16H2,1H3,(H,17,18,19). The molecule has 0 bridgehead atoms. The quantitative estimate of drug-likeness (QED) is 0.703. The van der Waals surface area contributed by atoms with Crippen molar-refractivity contribution in [2.45, 2.75) is 6.92 Å². The van der Waals surface area contributed by atoms with Gasteiger partial charge in [0.05, 0.1) is 21.9 Å². The summed E-state index contributed by atoms with van der Waals surface area (Å²) >= 11 is 12.2. The van der Waals surface area contributed by atoms with E-state index in [0.717, 1.165) is 11.1 Å². The van der Waals surface area contributed by atoms with Crippen molar-refractivity contribution in [1.82, 2.24) is 15.2 Å². The van der Waals surface area contributed by atoms with Gasteiger partial charge in [0, 0.05) is 11.1 Å². The van der Waals surface area contributed by atoms with Crippen molar-refractivity contribution in [3.8, 4) is 11.5 Å². The molecule has 0 aliphatic heterocycles. The lowest BCUT2D eigenvalue weighted by Crippen LogP contribution is -1.91. The van der Waals surface area contributed by atoms with E-state index < -0.39 is 0 Å². The summed E-state index contributed by atoms with van der Waals surface area (Å²) in [6.45, 7) is 1.88. The van der Waals surface area contributed by atoms with Crippen LogP contribution in [0, 0.1) is 6.92 Å². The zero-order valence-electron chi connectivity index (χ0n) is 10.4. The van der Waals surface area contributed by atoms with Crippen LogP contribution in [0.2, 0.25) is 10.0 Å². The number of nitrogens with two attached hydrogens (primary N) is 1. The number of pyridine rings is 1. The molecule has 7 heteroatoms. The van der Waals surface area contributed by atoms with E-state index in [9.17, 15) is 0 Å². The summed E-state index contributed by atoms with van der Waals surface area (Å²) in [5.41, 5.74) is 7.67. The van der Waals surface area contributed by atoms with Gasteiger partial charge in [-0.05, 0) is 25.1 Å². The molecule has 0 atom stereocenters. The number of aromatic amines is 1. The Morgan fingerprint density at radius 1 is 1.20 bits per heavy atom. The lowest BCUT2D eigenvalue weighted by Gasteiger charge is -2.10. The van der Waals surface area contributed by atoms with Crippen molar-refractivity contribution in [2.24, 2.45) is 0 Å². The molecule has 0 aliphatic rings. The van der Waals surface area contributed by atoms with E-state index in [0.29, 0.717) is 32.9 Å². The van der Waals surface area contributed by atoms with Gasteiger partial charge in [0.25, 0.3) is 0 Å². The predicted molar refractivity (Wildman–Crippen MR) is 79.6 cm³/mol. The van der Waals surface area contributed by atoms with E-state index in [4.69, 9.17) is 33.7 Å². The van der Waals surface area contributed by atoms with Crippen LogP contribution in [0.3, 0.4) is 0 Å². The lowest BCUT2D eigenvalue weighted by molar-refractivity contribution is 0.482. The first kappa shape index (κ1) is 13.0. The maximum absolute atomic E-state index is 6.08. The summed E-state index contributed by atoms with van der Waals surface area (Å²) in [5, 5.41) is 8.48. The average molecular weight is 309 g/mol. The summed E-state index contributed by atoms with van der Waals surface area (Å²) in [5.74, 6) is 0.875. The molecule has 0 fully saturated rings. The van der Waals surface area contributed by atoms with Gasteiger partial charge >= 0.3 is 0 Å². The van der Waals surface area contributed by atoms with Crippen molar-refractivity contribution in [3.63, 3.8) is 0 Å². The first-order valence-corrected chi connectivity index (χ1v) is 6.53. The predicted octanol–water partition coefficient (Wildman–Crippen LogP) is 3.95. The Morgan fingerprint density at radius 2 is 1.90 bits per heavy atom. The normalized spacial score (nSPS) is 10.9. The fraction of sp³-hybridized carbons (Fsp3) is 0.0769. The van der Waals surface area contributed by atoms with Gasteiger partial charge in [0.2, 0.25) is 0 Å². The number of aromatic nitrogens is 3. The maximum atomic E-state index is 6.08. The topological polar surface area (TPSA) is 76.8 Å². The second-order valence-electron chi connectivity index (χ2n) is 4.29. The third-order valence-electron chi connectivity index (χ3n) is 2.82. The molecule has 1 aromatic carbocycles. The number of aryl methyl sites for hydroxylation is 1. The minimum absolute atomic E-state index is 0.346. The molecule has 0 aliphatic carbocycles. The number of anilines is 1. The van der Waals surface area contributed by atoms with Crippen LogP contribution in [0.15, 0.2) is 24.4 Å². The molecular formula is C13H10Cl2N4O. The number of halogens is 2. The molecule has 3 rings (SSSR count). The number of ether oxygens (including phenoxy) is 1. The van der Waals surface area contributed by atoms with E-state index >= 15 is 0 Å². The molecule has 3 N–H and O–H groups in total. The number of hydrogen-bond donors (Lipinski definition) is 2. The van der Waals surface area contributed by atoms with Gasteiger partial charge in [-0.25, -0.2) is 4.98 Å². The first-order valence-electron chi connectivity index (χ1n) is 5.77. The number of nitrogens with zero attached hydrogens (tertiary/aromatic N) is 2. The number of H-pyrrole nitrogens is 1. The molecule has 2 aromatic heterocycles. The van der Waals surface area contributed by atoms with Crippen molar-refractivity contribution in [2.75, 3.05) is 5.73 Å². The molecule has 20 heavy (non-hydrogen) atoms. The van der Waals surface area contributed by atoms with Gasteiger partial charge in [-0.2, -0.15) is 5.10 Å². The van der Waals surface area contributed by atoms with Crippen molar-refractivity contribution in [1.29, 1.82) is 0 Å². The smallest absolute Gasteiger partial charge is 0.164 e. The molecule has 102 valence electrons. The highest BCUT2D eigenvalue weighted by molar-refractivity contribution is 6.37. The van der Waals surface area contributed by atoms with E-state index in [1.54, 1.807) is 18.3 Å². The third kappa shape index (κ3) is 2.26. The zero-order chi connectivity index (χ0) is 14.3. The number of nitrogen functional groups attached to an aromatic ring is 1. The fourth-order valence-electron chi connectivity index (χ4n) is 1.86. The Balaban J connectivity index is 2.03. The molecule has 0 spiro atoms. The largest absolute Gasteiger partial charge is 0.453 e. The molecule has 3 aromatic rings. The van der Waals surface area contributed by atoms with Crippen molar-refractivity contribution in [3.05, 3.63) is 40.1 Å². The average Bonchev–Trinajstić information content (AvgIpc) is 2.75. The summed E-state index contributed by atoms with van der Waals surface area (Å²) in [6, 6.07) is 4.99. The number of rotatable bonds is 2. The maximum Gasteiger partial charge on any atom is 0.164 e. The Kier molecular flexibility index (Phi) is 3.16. The molecular weight excluding hydrogens is 299 g/mol. The van der Waals surface area contributed by atoms with Crippen LogP contribution < -0.4 is 10.5 Å². The number of fused-ring (bicyclic) bond motifs is 1. The van der Waals surface area contributed by atoms with Crippen LogP contribution in [0.4, 0.5) is 5.69 Å². The molecule has 0 saturated heterocycles. The molecule has 0 radical (unpaired) electrons. The third-order valence-corrected chi connectivity index (χ3v) is 3.38. The molecule has 0 amide bonds. The molecule has 0 saturated carbocycles. The molecule has 2 heterocycles. The Morgan fingerprint density at radius 3 is 2.60 bits per heavy atom. The second kappa shape index (κ2) is 4.85. The SMILES string of the molecule is Cc1n[nH]c2ncc(Oc3c(Cl)cc(N)cc3Cl)cc12. The monoisotopic (exact) mass is 308 g/mol. The highest BCUT2D eigenvalue weighted by Crippen LogP contribution is 2.38. The summed E-state index contributed by atoms with van der Waals surface area (Å²) < 4.78 is 5.70. The highest BCUT2D eigenvalue weighted by Gasteiger charge is 2.11. The minimum Gasteiger partial charge on any atom is -0.453 e. The van der Waals surface area contributed by atoms with E-state index in [1.807, 2.05) is 13.0 Å². The second-order valence-corrected chi connectivity index (χ2v) is 5.11. The first-order chi connectivity index (χ1) is 9.54. The van der Waals surface area contributed by atoms with Gasteiger partial charge in [-0.15, -0.1) is 0 Å². The van der Waals surface area contributed by atoms with Gasteiger partial charge in [0.1, 0.15) is 5.75 Å². The van der Waals surface area contributed by atoms with Crippen LogP contribution in [0.25, 0.3) is 11.0 Å². The summed E-state index contributed by atoms with van der Waals surface area (Å²) in [6.07, 6.45) is 1.57. The van der Waals surface area contributed by atoms with Gasteiger partial charge in [-0.1, -0.05) is 23.2 Å². The zero-order valence-corrected chi connectivity index (χ0v) is 12.0. The Labute approximate surface area is 124 Å². The minimum atomic E-state index is 0.346. The number of benzene rings is 1. The lowest BCUT2D eigenvalue weighted by atomic mass is 10.2. The number of nitrogens with one attached hydrogen (secondary N) is 1.